The highest BCUT2D eigenvalue weighted by Gasteiger charge is 2.36. The van der Waals surface area contributed by atoms with Gasteiger partial charge >= 0.3 is 0 Å². The molecule has 3 heterocycles. The molecule has 57 heavy (non-hydrogen) atoms. The molecule has 2 aliphatic heterocycles. The number of hydrogen-bond acceptors (Lipinski definition) is 8. The summed E-state index contributed by atoms with van der Waals surface area (Å²) in [6, 6.07) is 9.60. The van der Waals surface area contributed by atoms with Crippen molar-refractivity contribution in [2.75, 3.05) is 26.8 Å². The van der Waals surface area contributed by atoms with Crippen molar-refractivity contribution in [3.05, 3.63) is 65.9 Å². The highest BCUT2D eigenvalue weighted by molar-refractivity contribution is 5.97. The van der Waals surface area contributed by atoms with E-state index < -0.39 is 78.3 Å². The van der Waals surface area contributed by atoms with Gasteiger partial charge in [0.2, 0.25) is 29.5 Å². The second-order valence-electron chi connectivity index (χ2n) is 15.8. The van der Waals surface area contributed by atoms with Crippen LogP contribution in [0.5, 0.6) is 5.75 Å². The molecule has 3 aromatic rings. The molecule has 308 valence electrons. The number of carbonyl (C=O) groups excluding carboxylic acids is 6. The number of H-pyrrole nitrogens is 1. The van der Waals surface area contributed by atoms with Crippen LogP contribution in [0, 0.1) is 11.8 Å². The molecule has 5 rings (SSSR count). The Morgan fingerprint density at radius 3 is 2.16 bits per heavy atom. The molecule has 6 N–H and O–H groups in total. The first kappa shape index (κ1) is 42.7. The van der Waals surface area contributed by atoms with Gasteiger partial charge in [-0.1, -0.05) is 58.0 Å². The van der Waals surface area contributed by atoms with Crippen LogP contribution in [0.3, 0.4) is 0 Å². The Balaban J connectivity index is 1.53. The Bertz CT molecular complexity index is 1890. The molecule has 6 atom stereocenters. The third-order valence-electron chi connectivity index (χ3n) is 10.5. The van der Waals surface area contributed by atoms with E-state index in [0.717, 1.165) is 22.0 Å². The van der Waals surface area contributed by atoms with Gasteiger partial charge in [0.05, 0.1) is 13.7 Å². The van der Waals surface area contributed by atoms with Gasteiger partial charge in [0.15, 0.2) is 0 Å². The molecule has 15 nitrogen and oxygen atoms in total. The topological polar surface area (TPSA) is 200 Å². The zero-order valence-corrected chi connectivity index (χ0v) is 33.7. The lowest BCUT2D eigenvalue weighted by molar-refractivity contribution is -0.145. The number of carbonyl (C=O) groups is 6. The highest BCUT2D eigenvalue weighted by atomic mass is 16.5. The second kappa shape index (κ2) is 19.6. The fourth-order valence-electron chi connectivity index (χ4n) is 7.15. The van der Waals surface area contributed by atoms with E-state index in [4.69, 9.17) is 9.47 Å². The van der Waals surface area contributed by atoms with Crippen molar-refractivity contribution in [3.8, 4) is 5.75 Å². The molecule has 15 heteroatoms. The average molecular weight is 788 g/mol. The summed E-state index contributed by atoms with van der Waals surface area (Å²) in [5.41, 5.74) is 2.33. The summed E-state index contributed by atoms with van der Waals surface area (Å²) < 4.78 is 11.0. The van der Waals surface area contributed by atoms with Gasteiger partial charge in [-0.2, -0.15) is 0 Å². The predicted molar refractivity (Wildman–Crippen MR) is 214 cm³/mol. The van der Waals surface area contributed by atoms with Crippen LogP contribution in [0.15, 0.2) is 54.7 Å². The number of fused-ring (bicyclic) bond motifs is 1. The van der Waals surface area contributed by atoms with Crippen LogP contribution < -0.4 is 31.3 Å². The lowest BCUT2D eigenvalue weighted by Crippen LogP contribution is -2.61. The largest absolute Gasteiger partial charge is 0.497 e. The molecule has 0 aliphatic carbocycles. The van der Waals surface area contributed by atoms with E-state index in [1.165, 1.54) is 11.8 Å². The number of rotatable bonds is 9. The van der Waals surface area contributed by atoms with Crippen LogP contribution in [0.2, 0.25) is 0 Å². The molecule has 0 radical (unpaired) electrons. The molecule has 0 unspecified atom stereocenters. The standard InChI is InChI=1S/C42H57N7O8/c1-24(2)18-32-40(53)47-33(19-27-13-15-29(56-6)16-14-27)39(52)44-26(5)38(51)48-35(25(3)4)22-49(42(55)36-12-9-17-57-36)23-37(50)45-34(41(54)46-32)20-28-21-43-31-11-8-7-10-30(28)31/h7-8,10-11,13-16,21,24-26,32-36,43H,9,12,17-20,22-23H2,1-6H3,(H,44,52)(H,45,50)(H,46,54)(H,47,53)(H,48,51)/t26-,32+,33+,34-,35-,36+/m1/s1. The van der Waals surface area contributed by atoms with E-state index >= 15 is 0 Å². The Labute approximate surface area is 333 Å². The minimum Gasteiger partial charge on any atom is -0.497 e. The molecule has 0 saturated carbocycles. The van der Waals surface area contributed by atoms with Gasteiger partial charge in [0, 0.05) is 49.1 Å². The number of aromatic amines is 1. The van der Waals surface area contributed by atoms with Gasteiger partial charge < -0.3 is 45.9 Å². The minimum atomic E-state index is -1.16. The van der Waals surface area contributed by atoms with E-state index in [2.05, 4.69) is 31.6 Å². The van der Waals surface area contributed by atoms with Crippen molar-refractivity contribution in [3.63, 3.8) is 0 Å². The number of para-hydroxylation sites is 1. The molecule has 6 amide bonds. The monoisotopic (exact) mass is 787 g/mol. The summed E-state index contributed by atoms with van der Waals surface area (Å²) >= 11 is 0. The Hall–Kier alpha value is -5.44. The van der Waals surface area contributed by atoms with Crippen LogP contribution in [-0.4, -0.2) is 108 Å². The highest BCUT2D eigenvalue weighted by Crippen LogP contribution is 2.21. The summed E-state index contributed by atoms with van der Waals surface area (Å²) in [5.74, 6) is -2.93. The lowest BCUT2D eigenvalue weighted by Gasteiger charge is -2.33. The van der Waals surface area contributed by atoms with Crippen molar-refractivity contribution in [2.45, 2.75) is 103 Å². The summed E-state index contributed by atoms with van der Waals surface area (Å²) in [4.78, 5) is 88.6. The first-order valence-corrected chi connectivity index (χ1v) is 19.8. The van der Waals surface area contributed by atoms with E-state index in [1.54, 1.807) is 37.6 Å². The summed E-state index contributed by atoms with van der Waals surface area (Å²) in [5, 5.41) is 15.2. The molecule has 2 aliphatic rings. The maximum absolute atomic E-state index is 14.3. The SMILES string of the molecule is COc1ccc(C[C@@H]2NC(=O)[C@H](CC(C)C)NC(=O)[C@@H](Cc3c[nH]c4ccccc34)NC(=O)CN(C(=O)[C@@H]3CCCO3)C[C@H](C(C)C)NC(=O)[C@@H](C)NC2=O)cc1. The van der Waals surface area contributed by atoms with E-state index in [0.29, 0.717) is 25.2 Å². The minimum absolute atomic E-state index is 0.0257. The quantitative estimate of drug-likeness (QED) is 0.190. The zero-order chi connectivity index (χ0) is 41.2. The molecule has 2 saturated heterocycles. The molecule has 2 aromatic carbocycles. The number of hydrogen-bond donors (Lipinski definition) is 6. The number of nitrogens with one attached hydrogen (secondary N) is 6. The van der Waals surface area contributed by atoms with Crippen molar-refractivity contribution >= 4 is 46.3 Å². The first-order valence-electron chi connectivity index (χ1n) is 19.8. The molecular weight excluding hydrogens is 731 g/mol. The molecule has 0 bridgehead atoms. The second-order valence-corrected chi connectivity index (χ2v) is 15.8. The molecule has 1 aromatic heterocycles. The third-order valence-corrected chi connectivity index (χ3v) is 10.5. The van der Waals surface area contributed by atoms with E-state index in [-0.39, 0.29) is 37.6 Å². The zero-order valence-electron chi connectivity index (χ0n) is 33.7. The number of nitrogens with zero attached hydrogens (tertiary/aromatic N) is 1. The van der Waals surface area contributed by atoms with Crippen LogP contribution >= 0.6 is 0 Å². The Kier molecular flexibility index (Phi) is 14.7. The summed E-state index contributed by atoms with van der Waals surface area (Å²) in [6.45, 7) is 9.08. The van der Waals surface area contributed by atoms with Gasteiger partial charge in [-0.3, -0.25) is 28.8 Å². The lowest BCUT2D eigenvalue weighted by atomic mass is 9.99. The van der Waals surface area contributed by atoms with Crippen molar-refractivity contribution in [1.29, 1.82) is 0 Å². The number of methoxy groups -OCH3 is 1. The summed E-state index contributed by atoms with van der Waals surface area (Å²) in [7, 11) is 1.55. The van der Waals surface area contributed by atoms with Gasteiger partial charge in [-0.05, 0) is 67.3 Å². The van der Waals surface area contributed by atoms with Gasteiger partial charge in [0.25, 0.3) is 5.91 Å². The van der Waals surface area contributed by atoms with Gasteiger partial charge in [-0.15, -0.1) is 0 Å². The van der Waals surface area contributed by atoms with Gasteiger partial charge in [-0.25, -0.2) is 0 Å². The van der Waals surface area contributed by atoms with Crippen molar-refractivity contribution < 1.29 is 38.2 Å². The Morgan fingerprint density at radius 1 is 0.825 bits per heavy atom. The van der Waals surface area contributed by atoms with Crippen LogP contribution in [0.4, 0.5) is 0 Å². The number of amides is 6. The third kappa shape index (κ3) is 11.6. The maximum Gasteiger partial charge on any atom is 0.252 e. The molecule has 2 fully saturated rings. The van der Waals surface area contributed by atoms with Crippen molar-refractivity contribution in [2.24, 2.45) is 11.8 Å². The van der Waals surface area contributed by atoms with E-state index in [1.807, 2.05) is 52.0 Å². The average Bonchev–Trinajstić information content (AvgIpc) is 3.87. The molecule has 0 spiro atoms. The smallest absolute Gasteiger partial charge is 0.252 e. The molecular formula is C42H57N7O8. The van der Waals surface area contributed by atoms with E-state index in [9.17, 15) is 28.8 Å². The van der Waals surface area contributed by atoms with Gasteiger partial charge in [0.1, 0.15) is 36.0 Å². The maximum atomic E-state index is 14.3. The number of ether oxygens (including phenoxy) is 2. The van der Waals surface area contributed by atoms with Crippen LogP contribution in [0.1, 0.15) is 65.0 Å². The number of aromatic nitrogens is 1. The predicted octanol–water partition coefficient (Wildman–Crippen LogP) is 2.13. The normalized spacial score (nSPS) is 24.6. The first-order chi connectivity index (χ1) is 27.2. The fraction of sp³-hybridized carbons (Fsp3) is 0.524. The number of benzene rings is 2. The Morgan fingerprint density at radius 2 is 1.49 bits per heavy atom. The summed E-state index contributed by atoms with van der Waals surface area (Å²) in [6.07, 6.45) is 2.58. The van der Waals surface area contributed by atoms with Crippen molar-refractivity contribution in [1.82, 2.24) is 36.5 Å². The fourth-order valence-corrected chi connectivity index (χ4v) is 7.15. The van der Waals surface area contributed by atoms with Crippen LogP contribution in [-0.2, 0) is 46.3 Å². The van der Waals surface area contributed by atoms with Crippen LogP contribution in [0.25, 0.3) is 10.9 Å².